The van der Waals surface area contributed by atoms with Crippen LogP contribution in [0.5, 0.6) is 0 Å². The second kappa shape index (κ2) is 5.58. The Kier molecular flexibility index (Phi) is 3.67. The van der Waals surface area contributed by atoms with Crippen LogP contribution in [0.1, 0.15) is 51.1 Å². The molecule has 0 aliphatic heterocycles. The first-order valence-corrected chi connectivity index (χ1v) is 9.51. The number of rotatable bonds is 3. The van der Waals surface area contributed by atoms with Gasteiger partial charge in [-0.15, -0.1) is 11.3 Å². The molecule has 4 aliphatic rings. The van der Waals surface area contributed by atoms with Crippen molar-refractivity contribution in [3.8, 4) is 0 Å². The zero-order chi connectivity index (χ0) is 16.0. The summed E-state index contributed by atoms with van der Waals surface area (Å²) in [5.74, 6) is 1.39. The first kappa shape index (κ1) is 15.1. The lowest BCUT2D eigenvalue weighted by molar-refractivity contribution is -0.136. The van der Waals surface area contributed by atoms with Crippen molar-refractivity contribution < 1.29 is 9.59 Å². The van der Waals surface area contributed by atoms with Gasteiger partial charge in [-0.25, -0.2) is 4.98 Å². The highest BCUT2D eigenvalue weighted by Gasteiger charge is 2.52. The van der Waals surface area contributed by atoms with Gasteiger partial charge in [-0.3, -0.25) is 14.9 Å². The van der Waals surface area contributed by atoms with Crippen molar-refractivity contribution >= 4 is 28.3 Å². The molecule has 0 radical (unpaired) electrons. The van der Waals surface area contributed by atoms with Crippen LogP contribution in [0.3, 0.4) is 0 Å². The third-order valence-corrected chi connectivity index (χ3v) is 6.61. The zero-order valence-corrected chi connectivity index (χ0v) is 14.2. The predicted octanol–water partition coefficient (Wildman–Crippen LogP) is 2.69. The first-order chi connectivity index (χ1) is 11.1. The van der Waals surface area contributed by atoms with Crippen molar-refractivity contribution in [3.05, 3.63) is 11.1 Å². The molecule has 23 heavy (non-hydrogen) atoms. The molecule has 0 atom stereocenters. The van der Waals surface area contributed by atoms with E-state index in [1.165, 1.54) is 49.9 Å². The number of nitrogens with zero attached hydrogens (tertiary/aromatic N) is 1. The minimum absolute atomic E-state index is 0.236. The van der Waals surface area contributed by atoms with E-state index in [-0.39, 0.29) is 5.41 Å². The number of amides is 2. The summed E-state index contributed by atoms with van der Waals surface area (Å²) < 4.78 is 0. The summed E-state index contributed by atoms with van der Waals surface area (Å²) in [6, 6.07) is 0. The van der Waals surface area contributed by atoms with Gasteiger partial charge in [0, 0.05) is 17.3 Å². The Morgan fingerprint density at radius 3 is 2.35 bits per heavy atom. The fourth-order valence-corrected chi connectivity index (χ4v) is 6.22. The van der Waals surface area contributed by atoms with Crippen molar-refractivity contribution in [1.82, 2.24) is 10.3 Å². The van der Waals surface area contributed by atoms with Gasteiger partial charge in [0.2, 0.25) is 0 Å². The van der Waals surface area contributed by atoms with Crippen molar-refractivity contribution in [2.45, 2.75) is 50.9 Å². The van der Waals surface area contributed by atoms with Crippen LogP contribution in [0.15, 0.2) is 5.38 Å². The van der Waals surface area contributed by atoms with E-state index >= 15 is 0 Å². The van der Waals surface area contributed by atoms with E-state index in [4.69, 9.17) is 0 Å². The van der Waals surface area contributed by atoms with Crippen molar-refractivity contribution in [2.24, 2.45) is 17.8 Å². The molecule has 1 aromatic heterocycles. The highest BCUT2D eigenvalue weighted by molar-refractivity contribution is 7.14. The molecule has 4 aliphatic carbocycles. The van der Waals surface area contributed by atoms with Gasteiger partial charge in [0.15, 0.2) is 5.13 Å². The molecule has 4 fully saturated rings. The zero-order valence-electron chi connectivity index (χ0n) is 13.4. The molecule has 5 rings (SSSR count). The number of carbonyl (C=O) groups is 2. The number of anilines is 1. The van der Waals surface area contributed by atoms with Gasteiger partial charge >= 0.3 is 11.8 Å². The Morgan fingerprint density at radius 1 is 1.17 bits per heavy atom. The summed E-state index contributed by atoms with van der Waals surface area (Å²) in [5, 5.41) is 7.79. The number of hydrogen-bond donors (Lipinski definition) is 2. The van der Waals surface area contributed by atoms with E-state index in [1.54, 1.807) is 6.92 Å². The van der Waals surface area contributed by atoms with Crippen LogP contribution in [0, 0.1) is 17.8 Å². The SMILES string of the molecule is CCNC(=O)C(=O)Nc1nc(C23CC4CC(CC(C4)C2)C3)cs1. The molecule has 2 N–H and O–H groups in total. The molecular weight excluding hydrogens is 310 g/mol. The smallest absolute Gasteiger partial charge is 0.315 e. The highest BCUT2D eigenvalue weighted by atomic mass is 32.1. The Morgan fingerprint density at radius 2 is 1.78 bits per heavy atom. The lowest BCUT2D eigenvalue weighted by atomic mass is 9.49. The Hall–Kier alpha value is -1.43. The van der Waals surface area contributed by atoms with Gasteiger partial charge in [-0.1, -0.05) is 0 Å². The monoisotopic (exact) mass is 333 g/mol. The fourth-order valence-electron chi connectivity index (χ4n) is 5.39. The maximum absolute atomic E-state index is 11.8. The fraction of sp³-hybridized carbons (Fsp3) is 0.706. The summed E-state index contributed by atoms with van der Waals surface area (Å²) >= 11 is 1.44. The third-order valence-electron chi connectivity index (χ3n) is 5.85. The van der Waals surface area contributed by atoms with Crippen LogP contribution in [0.4, 0.5) is 5.13 Å². The average Bonchev–Trinajstić information content (AvgIpc) is 2.95. The quantitative estimate of drug-likeness (QED) is 0.836. The molecule has 2 amide bonds. The standard InChI is InChI=1S/C17H23N3O2S/c1-2-18-14(21)15(22)20-16-19-13(9-23-16)17-6-10-3-11(7-17)5-12(4-10)8-17/h9-12H,2-8H2,1H3,(H,18,21)(H,19,20,22). The molecule has 0 spiro atoms. The summed E-state index contributed by atoms with van der Waals surface area (Å²) in [4.78, 5) is 28.0. The topological polar surface area (TPSA) is 71.1 Å². The van der Waals surface area contributed by atoms with Gasteiger partial charge in [0.25, 0.3) is 0 Å². The van der Waals surface area contributed by atoms with Crippen LogP contribution < -0.4 is 10.6 Å². The number of nitrogens with one attached hydrogen (secondary N) is 2. The molecule has 0 unspecified atom stereocenters. The molecule has 6 heteroatoms. The summed E-state index contributed by atoms with van der Waals surface area (Å²) in [7, 11) is 0. The van der Waals surface area contributed by atoms with Crippen molar-refractivity contribution in [3.63, 3.8) is 0 Å². The van der Waals surface area contributed by atoms with Crippen LogP contribution in [-0.2, 0) is 15.0 Å². The molecule has 0 aromatic carbocycles. The Labute approximate surface area is 140 Å². The largest absolute Gasteiger partial charge is 0.348 e. The molecule has 4 saturated carbocycles. The van der Waals surface area contributed by atoms with E-state index < -0.39 is 11.8 Å². The molecular formula is C17H23N3O2S. The van der Waals surface area contributed by atoms with E-state index in [0.29, 0.717) is 11.7 Å². The highest BCUT2D eigenvalue weighted by Crippen LogP contribution is 2.60. The van der Waals surface area contributed by atoms with Gasteiger partial charge in [-0.2, -0.15) is 0 Å². The van der Waals surface area contributed by atoms with E-state index in [1.807, 2.05) is 0 Å². The van der Waals surface area contributed by atoms with Gasteiger partial charge in [0.1, 0.15) is 0 Å². The lowest BCUT2D eigenvalue weighted by Crippen LogP contribution is -2.48. The van der Waals surface area contributed by atoms with Gasteiger partial charge in [-0.05, 0) is 63.2 Å². The minimum atomic E-state index is -0.627. The van der Waals surface area contributed by atoms with Crippen molar-refractivity contribution in [2.75, 3.05) is 11.9 Å². The average molecular weight is 333 g/mol. The summed E-state index contributed by atoms with van der Waals surface area (Å²) in [6.45, 7) is 2.24. The van der Waals surface area contributed by atoms with E-state index in [9.17, 15) is 9.59 Å². The summed E-state index contributed by atoms with van der Waals surface area (Å²) in [6.07, 6.45) is 7.99. The van der Waals surface area contributed by atoms with Crippen LogP contribution in [-0.4, -0.2) is 23.3 Å². The molecule has 4 bridgehead atoms. The molecule has 1 aromatic rings. The number of hydrogen-bond acceptors (Lipinski definition) is 4. The molecule has 124 valence electrons. The van der Waals surface area contributed by atoms with Gasteiger partial charge < -0.3 is 5.32 Å². The maximum atomic E-state index is 11.8. The van der Waals surface area contributed by atoms with Gasteiger partial charge in [0.05, 0.1) is 5.69 Å². The Bertz CT molecular complexity index is 604. The van der Waals surface area contributed by atoms with Crippen LogP contribution in [0.2, 0.25) is 0 Å². The second-order valence-electron chi connectivity index (χ2n) is 7.55. The summed E-state index contributed by atoms with van der Waals surface area (Å²) in [5.41, 5.74) is 1.38. The minimum Gasteiger partial charge on any atom is -0.348 e. The second-order valence-corrected chi connectivity index (χ2v) is 8.41. The third kappa shape index (κ3) is 2.67. The van der Waals surface area contributed by atoms with Crippen molar-refractivity contribution in [1.29, 1.82) is 0 Å². The maximum Gasteiger partial charge on any atom is 0.315 e. The number of aromatic nitrogens is 1. The normalized spacial score (nSPS) is 34.4. The first-order valence-electron chi connectivity index (χ1n) is 8.63. The lowest BCUT2D eigenvalue weighted by Gasteiger charge is -2.56. The number of carbonyl (C=O) groups excluding carboxylic acids is 2. The van der Waals surface area contributed by atoms with Crippen LogP contribution >= 0.6 is 11.3 Å². The number of thiazole rings is 1. The number of likely N-dealkylation sites (N-methyl/N-ethyl adjacent to an activating group) is 1. The molecule has 1 heterocycles. The predicted molar refractivity (Wildman–Crippen MR) is 89.3 cm³/mol. The molecule has 5 nitrogen and oxygen atoms in total. The molecule has 0 saturated heterocycles. The Balaban J connectivity index is 1.50. The van der Waals surface area contributed by atoms with E-state index in [2.05, 4.69) is 21.0 Å². The van der Waals surface area contributed by atoms with E-state index in [0.717, 1.165) is 23.4 Å². The van der Waals surface area contributed by atoms with Crippen LogP contribution in [0.25, 0.3) is 0 Å².